The highest BCUT2D eigenvalue weighted by Crippen LogP contribution is 2.26. The largest absolute Gasteiger partial charge is 0.369 e. The van der Waals surface area contributed by atoms with Crippen LogP contribution in [-0.2, 0) is 5.41 Å². The van der Waals surface area contributed by atoms with Gasteiger partial charge < -0.3 is 5.32 Å². The molecule has 0 aliphatic heterocycles. The lowest BCUT2D eigenvalue weighted by Gasteiger charge is -2.26. The molecule has 2 heterocycles. The molecule has 0 aliphatic carbocycles. The Morgan fingerprint density at radius 1 is 1.09 bits per heavy atom. The van der Waals surface area contributed by atoms with Gasteiger partial charge in [0, 0.05) is 23.2 Å². The molecule has 0 amide bonds. The zero-order chi connectivity index (χ0) is 15.6. The Balaban J connectivity index is 1.84. The van der Waals surface area contributed by atoms with Crippen LogP contribution in [0.25, 0.3) is 11.0 Å². The SMILES string of the molecule is CC(C)(CNc1ncnc2ncccc12)c1cccc(Cl)c1. The molecule has 22 heavy (non-hydrogen) atoms. The molecule has 1 N–H and O–H groups in total. The van der Waals surface area contributed by atoms with Crippen molar-refractivity contribution in [2.75, 3.05) is 11.9 Å². The van der Waals surface area contributed by atoms with Crippen molar-refractivity contribution >= 4 is 28.5 Å². The summed E-state index contributed by atoms with van der Waals surface area (Å²) in [6.07, 6.45) is 3.26. The Labute approximate surface area is 134 Å². The molecule has 5 heteroatoms. The number of hydrogen-bond donors (Lipinski definition) is 1. The van der Waals surface area contributed by atoms with Crippen LogP contribution in [0, 0.1) is 0 Å². The van der Waals surface area contributed by atoms with E-state index in [1.165, 1.54) is 11.9 Å². The maximum atomic E-state index is 6.10. The van der Waals surface area contributed by atoms with Gasteiger partial charge in [-0.05, 0) is 29.8 Å². The zero-order valence-corrected chi connectivity index (χ0v) is 13.3. The lowest BCUT2D eigenvalue weighted by molar-refractivity contribution is 0.556. The van der Waals surface area contributed by atoms with Crippen LogP contribution in [0.15, 0.2) is 48.9 Å². The standard InChI is InChI=1S/C17H17ClN4/c1-17(2,12-5-3-6-13(18)9-12)10-20-16-14-7-4-8-19-15(14)21-11-22-16/h3-9,11H,10H2,1-2H3,(H,19,20,21,22). The second kappa shape index (κ2) is 5.89. The van der Waals surface area contributed by atoms with Crippen molar-refractivity contribution in [3.63, 3.8) is 0 Å². The third-order valence-corrected chi connectivity index (χ3v) is 3.95. The van der Waals surface area contributed by atoms with E-state index in [0.717, 1.165) is 22.8 Å². The average molecular weight is 313 g/mol. The Morgan fingerprint density at radius 2 is 1.95 bits per heavy atom. The predicted molar refractivity (Wildman–Crippen MR) is 90.3 cm³/mol. The van der Waals surface area contributed by atoms with E-state index in [9.17, 15) is 0 Å². The van der Waals surface area contributed by atoms with Crippen molar-refractivity contribution in [1.29, 1.82) is 0 Å². The van der Waals surface area contributed by atoms with Gasteiger partial charge in [0.25, 0.3) is 0 Å². The van der Waals surface area contributed by atoms with E-state index in [-0.39, 0.29) is 5.41 Å². The van der Waals surface area contributed by atoms with Crippen LogP contribution in [0.1, 0.15) is 19.4 Å². The molecule has 112 valence electrons. The fourth-order valence-corrected chi connectivity index (χ4v) is 2.54. The summed E-state index contributed by atoms with van der Waals surface area (Å²) in [5, 5.41) is 5.09. The van der Waals surface area contributed by atoms with Crippen molar-refractivity contribution < 1.29 is 0 Å². The topological polar surface area (TPSA) is 50.7 Å². The van der Waals surface area contributed by atoms with E-state index in [4.69, 9.17) is 11.6 Å². The molecule has 0 bridgehead atoms. The maximum absolute atomic E-state index is 6.10. The first-order chi connectivity index (χ1) is 10.6. The Hall–Kier alpha value is -2.20. The number of nitrogens with zero attached hydrogens (tertiary/aromatic N) is 3. The first-order valence-corrected chi connectivity index (χ1v) is 7.50. The minimum Gasteiger partial charge on any atom is -0.369 e. The number of nitrogens with one attached hydrogen (secondary N) is 1. The smallest absolute Gasteiger partial charge is 0.164 e. The summed E-state index contributed by atoms with van der Waals surface area (Å²) >= 11 is 6.10. The van der Waals surface area contributed by atoms with Crippen molar-refractivity contribution in [1.82, 2.24) is 15.0 Å². The lowest BCUT2D eigenvalue weighted by atomic mass is 9.84. The Bertz CT molecular complexity index is 796. The van der Waals surface area contributed by atoms with E-state index in [2.05, 4.69) is 40.2 Å². The summed E-state index contributed by atoms with van der Waals surface area (Å²) in [5.41, 5.74) is 1.80. The van der Waals surface area contributed by atoms with E-state index < -0.39 is 0 Å². The van der Waals surface area contributed by atoms with Gasteiger partial charge in [0.2, 0.25) is 0 Å². The molecule has 0 aliphatic rings. The predicted octanol–water partition coefficient (Wildman–Crippen LogP) is 4.07. The minimum absolute atomic E-state index is 0.0790. The number of pyridine rings is 1. The molecule has 0 atom stereocenters. The van der Waals surface area contributed by atoms with Gasteiger partial charge in [-0.25, -0.2) is 15.0 Å². The third kappa shape index (κ3) is 3.02. The van der Waals surface area contributed by atoms with Gasteiger partial charge in [-0.2, -0.15) is 0 Å². The second-order valence-corrected chi connectivity index (χ2v) is 6.28. The molecular weight excluding hydrogens is 296 g/mol. The highest BCUT2D eigenvalue weighted by molar-refractivity contribution is 6.30. The summed E-state index contributed by atoms with van der Waals surface area (Å²) < 4.78 is 0. The molecule has 0 spiro atoms. The molecule has 0 saturated carbocycles. The monoisotopic (exact) mass is 312 g/mol. The van der Waals surface area contributed by atoms with Crippen LogP contribution in [-0.4, -0.2) is 21.5 Å². The van der Waals surface area contributed by atoms with Crippen molar-refractivity contribution in [2.24, 2.45) is 0 Å². The first kappa shape index (κ1) is 14.7. The number of rotatable bonds is 4. The summed E-state index contributed by atoms with van der Waals surface area (Å²) in [6.45, 7) is 5.08. The van der Waals surface area contributed by atoms with Gasteiger partial charge in [0.1, 0.15) is 12.1 Å². The van der Waals surface area contributed by atoms with Crippen LogP contribution in [0.4, 0.5) is 5.82 Å². The zero-order valence-electron chi connectivity index (χ0n) is 12.5. The summed E-state index contributed by atoms with van der Waals surface area (Å²) in [6, 6.07) is 11.8. The van der Waals surface area contributed by atoms with Crippen molar-refractivity contribution in [3.05, 3.63) is 59.5 Å². The normalized spacial score (nSPS) is 11.6. The number of halogens is 1. The van der Waals surface area contributed by atoms with Crippen LogP contribution >= 0.6 is 11.6 Å². The van der Waals surface area contributed by atoms with Crippen LogP contribution in [0.5, 0.6) is 0 Å². The molecule has 4 nitrogen and oxygen atoms in total. The average Bonchev–Trinajstić information content (AvgIpc) is 2.53. The van der Waals surface area contributed by atoms with Crippen LogP contribution in [0.3, 0.4) is 0 Å². The first-order valence-electron chi connectivity index (χ1n) is 7.12. The van der Waals surface area contributed by atoms with E-state index >= 15 is 0 Å². The van der Waals surface area contributed by atoms with Crippen LogP contribution in [0.2, 0.25) is 5.02 Å². The van der Waals surface area contributed by atoms with E-state index in [0.29, 0.717) is 5.65 Å². The Morgan fingerprint density at radius 3 is 2.77 bits per heavy atom. The number of anilines is 1. The molecule has 3 aromatic rings. The third-order valence-electron chi connectivity index (χ3n) is 3.71. The molecule has 0 saturated heterocycles. The number of hydrogen-bond acceptors (Lipinski definition) is 4. The van der Waals surface area contributed by atoms with Crippen molar-refractivity contribution in [2.45, 2.75) is 19.3 Å². The minimum atomic E-state index is -0.0790. The fourth-order valence-electron chi connectivity index (χ4n) is 2.35. The molecule has 0 unspecified atom stereocenters. The Kier molecular flexibility index (Phi) is 3.94. The van der Waals surface area contributed by atoms with E-state index in [1.807, 2.05) is 30.3 Å². The number of benzene rings is 1. The van der Waals surface area contributed by atoms with Gasteiger partial charge in [0.15, 0.2) is 5.65 Å². The van der Waals surface area contributed by atoms with Gasteiger partial charge in [-0.15, -0.1) is 0 Å². The maximum Gasteiger partial charge on any atom is 0.164 e. The molecule has 0 fully saturated rings. The number of fused-ring (bicyclic) bond motifs is 1. The fraction of sp³-hybridized carbons (Fsp3) is 0.235. The molecule has 2 aromatic heterocycles. The lowest BCUT2D eigenvalue weighted by Crippen LogP contribution is -2.28. The van der Waals surface area contributed by atoms with Gasteiger partial charge in [0.05, 0.1) is 5.39 Å². The van der Waals surface area contributed by atoms with Crippen molar-refractivity contribution in [3.8, 4) is 0 Å². The highest BCUT2D eigenvalue weighted by atomic mass is 35.5. The van der Waals surface area contributed by atoms with Crippen LogP contribution < -0.4 is 5.32 Å². The van der Waals surface area contributed by atoms with Gasteiger partial charge in [-0.3, -0.25) is 0 Å². The summed E-state index contributed by atoms with van der Waals surface area (Å²) in [5.74, 6) is 0.799. The summed E-state index contributed by atoms with van der Waals surface area (Å²) in [4.78, 5) is 12.8. The molecule has 1 aromatic carbocycles. The van der Waals surface area contributed by atoms with Gasteiger partial charge >= 0.3 is 0 Å². The molecular formula is C17H17ClN4. The summed E-state index contributed by atoms with van der Waals surface area (Å²) in [7, 11) is 0. The molecule has 3 rings (SSSR count). The number of aromatic nitrogens is 3. The van der Waals surface area contributed by atoms with Gasteiger partial charge in [-0.1, -0.05) is 37.6 Å². The van der Waals surface area contributed by atoms with E-state index in [1.54, 1.807) is 6.20 Å². The quantitative estimate of drug-likeness (QED) is 0.789. The molecule has 0 radical (unpaired) electrons. The highest BCUT2D eigenvalue weighted by Gasteiger charge is 2.21. The second-order valence-electron chi connectivity index (χ2n) is 5.84.